The molecule has 0 rings (SSSR count). The Labute approximate surface area is 51.8 Å². The Bertz CT molecular complexity index is 66.0. The molecule has 4 heteroatoms. The second-order valence-electron chi connectivity index (χ2n) is 0.889. The van der Waals surface area contributed by atoms with Crippen molar-refractivity contribution in [2.75, 3.05) is 12.4 Å². The summed E-state index contributed by atoms with van der Waals surface area (Å²) in [7, 11) is 0. The molecule has 0 heterocycles. The zero-order valence-electron chi connectivity index (χ0n) is 3.58. The molecule has 0 unspecified atom stereocenters. The van der Waals surface area contributed by atoms with Gasteiger partial charge in [0.05, 0.1) is 0 Å². The van der Waals surface area contributed by atoms with Gasteiger partial charge in [-0.2, -0.15) is 0 Å². The number of carbonyl (C=O) groups is 1. The molecule has 1 amide bonds. The second kappa shape index (κ2) is 4.22. The van der Waals surface area contributed by atoms with Crippen LogP contribution in [0.4, 0.5) is 4.79 Å². The van der Waals surface area contributed by atoms with Gasteiger partial charge >= 0.3 is 5.37 Å². The third-order valence-corrected chi connectivity index (χ3v) is 0.681. The van der Waals surface area contributed by atoms with Crippen molar-refractivity contribution in [3.63, 3.8) is 0 Å². The summed E-state index contributed by atoms with van der Waals surface area (Å²) in [5.74, 6) is 0.401. The van der Waals surface area contributed by atoms with Crippen molar-refractivity contribution in [1.29, 1.82) is 0 Å². The highest BCUT2D eigenvalue weighted by Crippen LogP contribution is 1.76. The molecule has 7 heavy (non-hydrogen) atoms. The van der Waals surface area contributed by atoms with Gasteiger partial charge < -0.3 is 5.32 Å². The van der Waals surface area contributed by atoms with Crippen LogP contribution in [0.15, 0.2) is 0 Å². The summed E-state index contributed by atoms with van der Waals surface area (Å²) in [6.45, 7) is 0.434. The minimum atomic E-state index is -0.555. The lowest BCUT2D eigenvalue weighted by Gasteiger charge is -1.90. The Morgan fingerprint density at radius 3 is 2.43 bits per heavy atom. The van der Waals surface area contributed by atoms with E-state index in [2.05, 4.69) is 5.32 Å². The average molecular weight is 142 g/mol. The summed E-state index contributed by atoms with van der Waals surface area (Å²) >= 11 is 10.0. The van der Waals surface area contributed by atoms with Crippen LogP contribution in [-0.4, -0.2) is 17.8 Å². The van der Waals surface area contributed by atoms with Gasteiger partial charge in [-0.25, -0.2) is 0 Å². The zero-order valence-corrected chi connectivity index (χ0v) is 5.09. The van der Waals surface area contributed by atoms with Gasteiger partial charge in [0, 0.05) is 12.4 Å². The maximum atomic E-state index is 9.80. The Morgan fingerprint density at radius 1 is 1.71 bits per heavy atom. The first kappa shape index (κ1) is 7.05. The van der Waals surface area contributed by atoms with Gasteiger partial charge in [-0.1, -0.05) is 0 Å². The van der Waals surface area contributed by atoms with E-state index in [0.717, 1.165) is 0 Å². The molecule has 42 valence electrons. The topological polar surface area (TPSA) is 29.1 Å². The highest BCUT2D eigenvalue weighted by atomic mass is 35.5. The summed E-state index contributed by atoms with van der Waals surface area (Å²) in [4.78, 5) is 9.80. The second-order valence-corrected chi connectivity index (χ2v) is 1.61. The van der Waals surface area contributed by atoms with E-state index < -0.39 is 5.37 Å². The van der Waals surface area contributed by atoms with Gasteiger partial charge in [0.25, 0.3) is 0 Å². The molecular weight excluding hydrogens is 137 g/mol. The molecule has 0 aromatic carbocycles. The van der Waals surface area contributed by atoms with E-state index in [1.807, 2.05) is 0 Å². The van der Waals surface area contributed by atoms with Crippen LogP contribution in [0.1, 0.15) is 0 Å². The lowest BCUT2D eigenvalue weighted by Crippen LogP contribution is -2.18. The predicted octanol–water partition coefficient (Wildman–Crippen LogP) is 1.17. The van der Waals surface area contributed by atoms with Crippen LogP contribution in [0.25, 0.3) is 0 Å². The zero-order chi connectivity index (χ0) is 5.70. The largest absolute Gasteiger partial charge is 0.341 e. The number of alkyl halides is 1. The Kier molecular flexibility index (Phi) is 4.25. The molecule has 0 fully saturated rings. The Morgan fingerprint density at radius 2 is 2.29 bits per heavy atom. The van der Waals surface area contributed by atoms with Crippen molar-refractivity contribution in [2.24, 2.45) is 0 Å². The first-order valence-electron chi connectivity index (χ1n) is 1.76. The summed E-state index contributed by atoms with van der Waals surface area (Å²) in [6.07, 6.45) is 0. The van der Waals surface area contributed by atoms with Crippen LogP contribution in [0, 0.1) is 0 Å². The van der Waals surface area contributed by atoms with E-state index in [9.17, 15) is 4.79 Å². The van der Waals surface area contributed by atoms with E-state index in [-0.39, 0.29) is 0 Å². The number of nitrogens with one attached hydrogen (secondary N) is 1. The maximum absolute atomic E-state index is 9.80. The molecule has 0 spiro atoms. The number of carbonyl (C=O) groups excluding carboxylic acids is 1. The number of hydrogen-bond donors (Lipinski definition) is 1. The standard InChI is InChI=1S/C3H5Cl2NO/c4-1-2-6-3(5)7/h1-2H2,(H,6,7). The van der Waals surface area contributed by atoms with Crippen LogP contribution in [0.2, 0.25) is 0 Å². The van der Waals surface area contributed by atoms with Gasteiger partial charge in [0.15, 0.2) is 0 Å². The normalized spacial score (nSPS) is 8.29. The quantitative estimate of drug-likeness (QED) is 0.350. The van der Waals surface area contributed by atoms with E-state index in [1.165, 1.54) is 0 Å². The highest BCUT2D eigenvalue weighted by Gasteiger charge is 1.87. The van der Waals surface area contributed by atoms with Crippen molar-refractivity contribution < 1.29 is 4.79 Å². The van der Waals surface area contributed by atoms with Gasteiger partial charge in [0.2, 0.25) is 0 Å². The van der Waals surface area contributed by atoms with E-state index in [1.54, 1.807) is 0 Å². The highest BCUT2D eigenvalue weighted by molar-refractivity contribution is 6.62. The number of halogens is 2. The van der Waals surface area contributed by atoms with Crippen LogP contribution < -0.4 is 5.32 Å². The number of amides is 1. The summed E-state index contributed by atoms with van der Waals surface area (Å²) in [5, 5.41) is 1.73. The minimum absolute atomic E-state index is 0.401. The molecule has 0 aliphatic carbocycles. The first-order valence-corrected chi connectivity index (χ1v) is 2.68. The van der Waals surface area contributed by atoms with Crippen molar-refractivity contribution >= 4 is 28.6 Å². The third-order valence-electron chi connectivity index (χ3n) is 0.358. The maximum Gasteiger partial charge on any atom is 0.313 e. The van der Waals surface area contributed by atoms with Crippen molar-refractivity contribution in [3.05, 3.63) is 0 Å². The molecule has 0 bridgehead atoms. The van der Waals surface area contributed by atoms with E-state index in [4.69, 9.17) is 23.2 Å². The fourth-order valence-corrected chi connectivity index (χ4v) is 0.335. The molecule has 2 nitrogen and oxygen atoms in total. The summed E-state index contributed by atoms with van der Waals surface area (Å²) in [5.41, 5.74) is 0. The van der Waals surface area contributed by atoms with Gasteiger partial charge in [-0.15, -0.1) is 11.6 Å². The van der Waals surface area contributed by atoms with Crippen LogP contribution >= 0.6 is 23.2 Å². The van der Waals surface area contributed by atoms with Crippen LogP contribution in [0.5, 0.6) is 0 Å². The van der Waals surface area contributed by atoms with Crippen molar-refractivity contribution in [3.8, 4) is 0 Å². The fourth-order valence-electron chi connectivity index (χ4n) is 0.146. The Balaban J connectivity index is 2.82. The molecule has 0 aromatic rings. The monoisotopic (exact) mass is 141 g/mol. The average Bonchev–Trinajstić information content (AvgIpc) is 1.61. The lowest BCUT2D eigenvalue weighted by atomic mass is 10.8. The van der Waals surface area contributed by atoms with Gasteiger partial charge in [-0.3, -0.25) is 4.79 Å². The van der Waals surface area contributed by atoms with Gasteiger partial charge in [0.1, 0.15) is 0 Å². The van der Waals surface area contributed by atoms with Crippen LogP contribution in [-0.2, 0) is 0 Å². The SMILES string of the molecule is O=C(Cl)NCCCl. The van der Waals surface area contributed by atoms with Gasteiger partial charge in [-0.05, 0) is 11.6 Å². The van der Waals surface area contributed by atoms with Crippen LogP contribution in [0.3, 0.4) is 0 Å². The molecule has 0 saturated heterocycles. The number of rotatable bonds is 2. The molecule has 0 aliphatic rings. The minimum Gasteiger partial charge on any atom is -0.341 e. The summed E-state index contributed by atoms with van der Waals surface area (Å²) < 4.78 is 0. The van der Waals surface area contributed by atoms with Crippen molar-refractivity contribution in [1.82, 2.24) is 5.32 Å². The molecule has 0 radical (unpaired) electrons. The predicted molar refractivity (Wildman–Crippen MR) is 30.0 cm³/mol. The number of hydrogen-bond acceptors (Lipinski definition) is 1. The third kappa shape index (κ3) is 6.05. The fraction of sp³-hybridized carbons (Fsp3) is 0.667. The first-order chi connectivity index (χ1) is 3.27. The molecule has 1 N–H and O–H groups in total. The van der Waals surface area contributed by atoms with E-state index in [0.29, 0.717) is 12.4 Å². The molecule has 0 aliphatic heterocycles. The molecular formula is C3H5Cl2NO. The Hall–Kier alpha value is 0.0500. The summed E-state index contributed by atoms with van der Waals surface area (Å²) in [6, 6.07) is 0. The lowest BCUT2D eigenvalue weighted by molar-refractivity contribution is 0.260. The smallest absolute Gasteiger partial charge is 0.313 e. The van der Waals surface area contributed by atoms with Crippen molar-refractivity contribution in [2.45, 2.75) is 0 Å². The molecule has 0 atom stereocenters. The molecule has 0 saturated carbocycles. The van der Waals surface area contributed by atoms with E-state index >= 15 is 0 Å². The molecule has 0 aromatic heterocycles.